The van der Waals surface area contributed by atoms with Crippen LogP contribution in [0.3, 0.4) is 0 Å². The summed E-state index contributed by atoms with van der Waals surface area (Å²) in [6.45, 7) is 0. The van der Waals surface area contributed by atoms with Crippen LogP contribution in [0.2, 0.25) is 0 Å². The van der Waals surface area contributed by atoms with Gasteiger partial charge in [0, 0.05) is 42.0 Å². The van der Waals surface area contributed by atoms with Gasteiger partial charge in [-0.1, -0.05) is 12.8 Å². The maximum absolute atomic E-state index is 12.3. The minimum Gasteiger partial charge on any atom is -0.324 e. The van der Waals surface area contributed by atoms with Crippen LogP contribution >= 0.6 is 0 Å². The van der Waals surface area contributed by atoms with Crippen LogP contribution in [-0.4, -0.2) is 29.2 Å². The summed E-state index contributed by atoms with van der Waals surface area (Å²) in [4.78, 5) is 21.3. The Labute approximate surface area is 169 Å². The molecule has 1 aromatic carbocycles. The van der Waals surface area contributed by atoms with Gasteiger partial charge in [0.05, 0.1) is 10.6 Å². The molecule has 0 saturated heterocycles. The van der Waals surface area contributed by atoms with Crippen molar-refractivity contribution < 1.29 is 8.42 Å². The SMILES string of the molecule is CS(=O)(=O)c1ccc(Nc2nccc(-c3ccc(=O)n(C4CCCC4)c3)n2)cc1. The predicted molar refractivity (Wildman–Crippen MR) is 112 cm³/mol. The summed E-state index contributed by atoms with van der Waals surface area (Å²) in [5, 5.41) is 3.09. The van der Waals surface area contributed by atoms with E-state index in [9.17, 15) is 13.2 Å². The Morgan fingerprint density at radius 1 is 1.03 bits per heavy atom. The van der Waals surface area contributed by atoms with Crippen molar-refractivity contribution in [2.75, 3.05) is 11.6 Å². The second kappa shape index (κ2) is 7.79. The summed E-state index contributed by atoms with van der Waals surface area (Å²) in [6, 6.07) is 11.9. The molecule has 7 nitrogen and oxygen atoms in total. The smallest absolute Gasteiger partial charge is 0.250 e. The van der Waals surface area contributed by atoms with Gasteiger partial charge in [-0.2, -0.15) is 0 Å². The Balaban J connectivity index is 1.59. The molecule has 8 heteroatoms. The molecule has 0 amide bonds. The Morgan fingerprint density at radius 2 is 1.76 bits per heavy atom. The normalized spacial score (nSPS) is 14.8. The zero-order valence-electron chi connectivity index (χ0n) is 16.1. The minimum atomic E-state index is -3.24. The molecule has 0 aliphatic heterocycles. The van der Waals surface area contributed by atoms with Crippen molar-refractivity contribution in [3.8, 4) is 11.3 Å². The molecule has 1 aliphatic carbocycles. The highest BCUT2D eigenvalue weighted by atomic mass is 32.2. The number of sulfone groups is 1. The van der Waals surface area contributed by atoms with E-state index in [1.54, 1.807) is 48.7 Å². The Morgan fingerprint density at radius 3 is 2.45 bits per heavy atom. The molecule has 29 heavy (non-hydrogen) atoms. The molecular formula is C21H22N4O3S. The van der Waals surface area contributed by atoms with Crippen molar-refractivity contribution in [2.45, 2.75) is 36.6 Å². The van der Waals surface area contributed by atoms with Crippen LogP contribution in [0.1, 0.15) is 31.7 Å². The molecule has 2 heterocycles. The molecule has 1 fully saturated rings. The lowest BCUT2D eigenvalue weighted by Gasteiger charge is -2.14. The molecule has 0 atom stereocenters. The van der Waals surface area contributed by atoms with E-state index in [1.165, 1.54) is 6.26 Å². The summed E-state index contributed by atoms with van der Waals surface area (Å²) < 4.78 is 25.0. The average molecular weight is 410 g/mol. The van der Waals surface area contributed by atoms with Crippen molar-refractivity contribution in [3.63, 3.8) is 0 Å². The molecule has 3 aromatic rings. The van der Waals surface area contributed by atoms with Crippen LogP contribution in [0.4, 0.5) is 11.6 Å². The first-order valence-electron chi connectivity index (χ1n) is 9.53. The lowest BCUT2D eigenvalue weighted by atomic mass is 10.1. The highest BCUT2D eigenvalue weighted by molar-refractivity contribution is 7.90. The van der Waals surface area contributed by atoms with Gasteiger partial charge in [0.1, 0.15) is 0 Å². The van der Waals surface area contributed by atoms with E-state index in [4.69, 9.17) is 0 Å². The van der Waals surface area contributed by atoms with E-state index in [0.29, 0.717) is 17.3 Å². The highest BCUT2D eigenvalue weighted by Gasteiger charge is 2.18. The molecule has 0 unspecified atom stereocenters. The van der Waals surface area contributed by atoms with Crippen LogP contribution in [0.15, 0.2) is 64.5 Å². The van der Waals surface area contributed by atoms with Gasteiger partial charge in [0.2, 0.25) is 5.95 Å². The van der Waals surface area contributed by atoms with Crippen molar-refractivity contribution in [1.29, 1.82) is 0 Å². The van der Waals surface area contributed by atoms with Gasteiger partial charge >= 0.3 is 0 Å². The van der Waals surface area contributed by atoms with Gasteiger partial charge in [-0.05, 0) is 49.2 Å². The Kier molecular flexibility index (Phi) is 5.19. The summed E-state index contributed by atoms with van der Waals surface area (Å²) in [7, 11) is -3.24. The summed E-state index contributed by atoms with van der Waals surface area (Å²) in [5.41, 5.74) is 2.26. The third-order valence-corrected chi connectivity index (χ3v) is 6.27. The minimum absolute atomic E-state index is 0.0130. The van der Waals surface area contributed by atoms with Crippen LogP contribution in [0.5, 0.6) is 0 Å². The zero-order valence-corrected chi connectivity index (χ0v) is 16.9. The van der Waals surface area contributed by atoms with E-state index >= 15 is 0 Å². The molecule has 1 saturated carbocycles. The summed E-state index contributed by atoms with van der Waals surface area (Å²) >= 11 is 0. The molecule has 1 N–H and O–H groups in total. The first-order chi connectivity index (χ1) is 13.9. The van der Waals surface area contributed by atoms with Gasteiger partial charge in [-0.3, -0.25) is 4.79 Å². The van der Waals surface area contributed by atoms with Crippen molar-refractivity contribution in [1.82, 2.24) is 14.5 Å². The van der Waals surface area contributed by atoms with E-state index in [1.807, 2.05) is 10.8 Å². The molecule has 0 spiro atoms. The lowest BCUT2D eigenvalue weighted by molar-refractivity contribution is 0.503. The number of rotatable bonds is 5. The van der Waals surface area contributed by atoms with Crippen LogP contribution in [0, 0.1) is 0 Å². The van der Waals surface area contributed by atoms with Crippen molar-refractivity contribution in [2.24, 2.45) is 0 Å². The third kappa shape index (κ3) is 4.37. The second-order valence-corrected chi connectivity index (χ2v) is 9.30. The van der Waals surface area contributed by atoms with E-state index in [-0.39, 0.29) is 16.5 Å². The number of benzene rings is 1. The number of aromatic nitrogens is 3. The fraction of sp³-hybridized carbons (Fsp3) is 0.286. The standard InChI is InChI=1S/C21H22N4O3S/c1-29(27,28)18-9-7-16(8-10-18)23-21-22-13-12-19(24-21)15-6-11-20(26)25(14-15)17-4-2-3-5-17/h6-14,17H,2-5H2,1H3,(H,22,23,24). The van der Waals surface area contributed by atoms with E-state index in [2.05, 4.69) is 15.3 Å². The molecular weight excluding hydrogens is 388 g/mol. The first-order valence-corrected chi connectivity index (χ1v) is 11.4. The highest BCUT2D eigenvalue weighted by Crippen LogP contribution is 2.29. The molecule has 1 aliphatic rings. The number of anilines is 2. The van der Waals surface area contributed by atoms with Gasteiger partial charge in [-0.15, -0.1) is 0 Å². The van der Waals surface area contributed by atoms with Crippen molar-refractivity contribution in [3.05, 3.63) is 65.2 Å². The monoisotopic (exact) mass is 410 g/mol. The maximum Gasteiger partial charge on any atom is 0.250 e. The lowest BCUT2D eigenvalue weighted by Crippen LogP contribution is -2.22. The Bertz CT molecular complexity index is 1180. The van der Waals surface area contributed by atoms with Crippen LogP contribution in [0.25, 0.3) is 11.3 Å². The number of nitrogens with zero attached hydrogens (tertiary/aromatic N) is 3. The summed E-state index contributed by atoms with van der Waals surface area (Å²) in [6.07, 6.45) is 9.08. The molecule has 150 valence electrons. The largest absolute Gasteiger partial charge is 0.324 e. The number of nitrogens with one attached hydrogen (secondary N) is 1. The molecule has 4 rings (SSSR count). The molecule has 2 aromatic heterocycles. The number of hydrogen-bond acceptors (Lipinski definition) is 6. The Hall–Kier alpha value is -3.00. The van der Waals surface area contributed by atoms with Gasteiger partial charge in [0.25, 0.3) is 5.56 Å². The number of hydrogen-bond donors (Lipinski definition) is 1. The van der Waals surface area contributed by atoms with Crippen LogP contribution in [-0.2, 0) is 9.84 Å². The molecule has 0 radical (unpaired) electrons. The quantitative estimate of drug-likeness (QED) is 0.691. The van der Waals surface area contributed by atoms with Crippen molar-refractivity contribution >= 4 is 21.5 Å². The predicted octanol–water partition coefficient (Wildman–Crippen LogP) is 3.57. The van der Waals surface area contributed by atoms with Gasteiger partial charge < -0.3 is 9.88 Å². The summed E-state index contributed by atoms with van der Waals surface area (Å²) in [5.74, 6) is 0.397. The topological polar surface area (TPSA) is 94.0 Å². The van der Waals surface area contributed by atoms with Gasteiger partial charge in [-0.25, -0.2) is 18.4 Å². The van der Waals surface area contributed by atoms with E-state index in [0.717, 1.165) is 31.2 Å². The van der Waals surface area contributed by atoms with E-state index < -0.39 is 9.84 Å². The maximum atomic E-state index is 12.3. The number of pyridine rings is 1. The second-order valence-electron chi connectivity index (χ2n) is 7.29. The van der Waals surface area contributed by atoms with Gasteiger partial charge in [0.15, 0.2) is 9.84 Å². The zero-order chi connectivity index (χ0) is 20.4. The van der Waals surface area contributed by atoms with Crippen LogP contribution < -0.4 is 10.9 Å². The average Bonchev–Trinajstić information content (AvgIpc) is 3.23. The third-order valence-electron chi connectivity index (χ3n) is 5.15. The molecule has 0 bridgehead atoms. The fourth-order valence-corrected chi connectivity index (χ4v) is 4.25. The fourth-order valence-electron chi connectivity index (χ4n) is 3.62. The first kappa shape index (κ1) is 19.3.